The number of hydrogen-bond donors (Lipinski definition) is 1. The summed E-state index contributed by atoms with van der Waals surface area (Å²) in [6.07, 6.45) is 0. The predicted molar refractivity (Wildman–Crippen MR) is 83.0 cm³/mol. The summed E-state index contributed by atoms with van der Waals surface area (Å²) in [5, 5.41) is 3.39. The first kappa shape index (κ1) is 14.1. The van der Waals surface area contributed by atoms with Crippen LogP contribution < -0.4 is 5.32 Å². The van der Waals surface area contributed by atoms with E-state index < -0.39 is 0 Å². The van der Waals surface area contributed by atoms with Crippen LogP contribution in [0.25, 0.3) is 0 Å². The molecule has 0 radical (unpaired) electrons. The monoisotopic (exact) mass is 337 g/mol. The fourth-order valence-corrected chi connectivity index (χ4v) is 2.72. The fraction of sp³-hybridized carbons (Fsp3) is 0.133. The van der Waals surface area contributed by atoms with E-state index in [0.29, 0.717) is 16.3 Å². The number of amides is 1. The van der Waals surface area contributed by atoms with Crippen molar-refractivity contribution >= 4 is 39.1 Å². The summed E-state index contributed by atoms with van der Waals surface area (Å²) in [5.74, 6) is -0.178. The largest absolute Gasteiger partial charge is 0.320 e. The lowest BCUT2D eigenvalue weighted by molar-refractivity contribution is 0.102. The maximum atomic E-state index is 12.3. The fourth-order valence-electron chi connectivity index (χ4n) is 1.78. The van der Waals surface area contributed by atoms with Crippen molar-refractivity contribution in [2.45, 2.75) is 13.8 Å². The molecule has 4 heteroatoms. The molecule has 2 nitrogen and oxygen atoms in total. The SMILES string of the molecule is Cc1ccc(C(=O)Nc2c(C)cccc2Cl)c(Br)c1. The third kappa shape index (κ3) is 3.17. The zero-order valence-electron chi connectivity index (χ0n) is 10.6. The molecule has 2 aromatic carbocycles. The van der Waals surface area contributed by atoms with E-state index in [4.69, 9.17) is 11.6 Å². The van der Waals surface area contributed by atoms with Crippen LogP contribution in [-0.2, 0) is 0 Å². The molecule has 0 aromatic heterocycles. The van der Waals surface area contributed by atoms with Gasteiger partial charge in [-0.2, -0.15) is 0 Å². The topological polar surface area (TPSA) is 29.1 Å². The van der Waals surface area contributed by atoms with Gasteiger partial charge in [0, 0.05) is 4.47 Å². The van der Waals surface area contributed by atoms with E-state index in [2.05, 4.69) is 21.2 Å². The summed E-state index contributed by atoms with van der Waals surface area (Å²) < 4.78 is 0.773. The molecule has 0 heterocycles. The predicted octanol–water partition coefficient (Wildman–Crippen LogP) is 4.97. The van der Waals surface area contributed by atoms with Crippen molar-refractivity contribution in [1.29, 1.82) is 0 Å². The number of rotatable bonds is 2. The van der Waals surface area contributed by atoms with Crippen LogP contribution in [0.2, 0.25) is 5.02 Å². The first-order valence-electron chi connectivity index (χ1n) is 5.81. The molecule has 0 spiro atoms. The van der Waals surface area contributed by atoms with Crippen LogP contribution in [0.4, 0.5) is 5.69 Å². The molecule has 0 aliphatic heterocycles. The van der Waals surface area contributed by atoms with Gasteiger partial charge in [-0.05, 0) is 59.1 Å². The van der Waals surface area contributed by atoms with E-state index in [1.165, 1.54) is 0 Å². The quantitative estimate of drug-likeness (QED) is 0.823. The molecular formula is C15H13BrClNO. The van der Waals surface area contributed by atoms with Crippen molar-refractivity contribution in [3.8, 4) is 0 Å². The summed E-state index contributed by atoms with van der Waals surface area (Å²) >= 11 is 9.50. The zero-order chi connectivity index (χ0) is 14.0. The lowest BCUT2D eigenvalue weighted by Gasteiger charge is -2.11. The first-order valence-corrected chi connectivity index (χ1v) is 6.99. The Labute approximate surface area is 125 Å². The molecule has 0 aliphatic carbocycles. The summed E-state index contributed by atoms with van der Waals surface area (Å²) in [4.78, 5) is 12.3. The Morgan fingerprint density at radius 2 is 1.95 bits per heavy atom. The van der Waals surface area contributed by atoms with Gasteiger partial charge in [0.2, 0.25) is 0 Å². The molecule has 0 atom stereocenters. The van der Waals surface area contributed by atoms with Crippen molar-refractivity contribution in [3.05, 3.63) is 62.6 Å². The lowest BCUT2D eigenvalue weighted by atomic mass is 10.1. The van der Waals surface area contributed by atoms with Gasteiger partial charge in [-0.3, -0.25) is 4.79 Å². The number of anilines is 1. The summed E-state index contributed by atoms with van der Waals surface area (Å²) in [6, 6.07) is 11.1. The van der Waals surface area contributed by atoms with Gasteiger partial charge in [0.05, 0.1) is 16.3 Å². The van der Waals surface area contributed by atoms with Crippen LogP contribution in [0.5, 0.6) is 0 Å². The Hall–Kier alpha value is -1.32. The molecule has 0 fully saturated rings. The van der Waals surface area contributed by atoms with Crippen molar-refractivity contribution < 1.29 is 4.79 Å². The Morgan fingerprint density at radius 3 is 2.58 bits per heavy atom. The number of hydrogen-bond acceptors (Lipinski definition) is 1. The van der Waals surface area contributed by atoms with Crippen LogP contribution in [0, 0.1) is 13.8 Å². The normalized spacial score (nSPS) is 10.3. The molecule has 0 bridgehead atoms. The summed E-state index contributed by atoms with van der Waals surface area (Å²) in [7, 11) is 0. The minimum absolute atomic E-state index is 0.178. The molecule has 0 saturated heterocycles. The molecule has 2 aromatic rings. The highest BCUT2D eigenvalue weighted by Gasteiger charge is 2.13. The molecule has 98 valence electrons. The zero-order valence-corrected chi connectivity index (χ0v) is 13.0. The maximum Gasteiger partial charge on any atom is 0.256 e. The molecule has 19 heavy (non-hydrogen) atoms. The van der Waals surface area contributed by atoms with Crippen LogP contribution in [0.3, 0.4) is 0 Å². The van der Waals surface area contributed by atoms with Gasteiger partial charge in [-0.1, -0.05) is 29.8 Å². The second-order valence-corrected chi connectivity index (χ2v) is 5.63. The second kappa shape index (κ2) is 5.76. The molecule has 2 rings (SSSR count). The average Bonchev–Trinajstić information content (AvgIpc) is 2.33. The number of carbonyl (C=O) groups is 1. The minimum Gasteiger partial charge on any atom is -0.320 e. The first-order chi connectivity index (χ1) is 8.99. The van der Waals surface area contributed by atoms with Gasteiger partial charge in [-0.25, -0.2) is 0 Å². The third-order valence-corrected chi connectivity index (χ3v) is 3.80. The van der Waals surface area contributed by atoms with Crippen molar-refractivity contribution in [1.82, 2.24) is 0 Å². The Morgan fingerprint density at radius 1 is 1.21 bits per heavy atom. The van der Waals surface area contributed by atoms with Gasteiger partial charge in [0.1, 0.15) is 0 Å². The lowest BCUT2D eigenvalue weighted by Crippen LogP contribution is -2.13. The number of carbonyl (C=O) groups excluding carboxylic acids is 1. The van der Waals surface area contributed by atoms with Crippen molar-refractivity contribution in [2.75, 3.05) is 5.32 Å². The summed E-state index contributed by atoms with van der Waals surface area (Å²) in [5.41, 5.74) is 3.27. The van der Waals surface area contributed by atoms with Gasteiger partial charge >= 0.3 is 0 Å². The average molecular weight is 339 g/mol. The Balaban J connectivity index is 2.31. The second-order valence-electron chi connectivity index (χ2n) is 4.37. The Bertz CT molecular complexity index is 620. The van der Waals surface area contributed by atoms with E-state index in [9.17, 15) is 4.79 Å². The highest BCUT2D eigenvalue weighted by atomic mass is 79.9. The van der Waals surface area contributed by atoms with Crippen LogP contribution >= 0.6 is 27.5 Å². The van der Waals surface area contributed by atoms with Gasteiger partial charge in [-0.15, -0.1) is 0 Å². The van der Waals surface area contributed by atoms with Crippen molar-refractivity contribution in [3.63, 3.8) is 0 Å². The maximum absolute atomic E-state index is 12.3. The van der Waals surface area contributed by atoms with E-state index in [0.717, 1.165) is 15.6 Å². The number of para-hydroxylation sites is 1. The van der Waals surface area contributed by atoms with E-state index in [-0.39, 0.29) is 5.91 Å². The smallest absolute Gasteiger partial charge is 0.256 e. The highest BCUT2D eigenvalue weighted by Crippen LogP contribution is 2.27. The van der Waals surface area contributed by atoms with Gasteiger partial charge < -0.3 is 5.32 Å². The molecule has 1 amide bonds. The molecule has 1 N–H and O–H groups in total. The van der Waals surface area contributed by atoms with Crippen LogP contribution in [0.1, 0.15) is 21.5 Å². The van der Waals surface area contributed by atoms with Crippen LogP contribution in [-0.4, -0.2) is 5.91 Å². The van der Waals surface area contributed by atoms with E-state index in [1.807, 2.05) is 38.1 Å². The number of benzene rings is 2. The molecule has 0 aliphatic rings. The molecule has 0 saturated carbocycles. The highest BCUT2D eigenvalue weighted by molar-refractivity contribution is 9.10. The summed E-state index contributed by atoms with van der Waals surface area (Å²) in [6.45, 7) is 3.89. The standard InChI is InChI=1S/C15H13BrClNO/c1-9-6-7-11(12(16)8-9)15(19)18-14-10(2)4-3-5-13(14)17/h3-8H,1-2H3,(H,18,19). The Kier molecular flexibility index (Phi) is 4.27. The van der Waals surface area contributed by atoms with Crippen LogP contribution in [0.15, 0.2) is 40.9 Å². The molecular weight excluding hydrogens is 326 g/mol. The van der Waals surface area contributed by atoms with E-state index in [1.54, 1.807) is 12.1 Å². The number of aryl methyl sites for hydroxylation is 2. The van der Waals surface area contributed by atoms with Crippen molar-refractivity contribution in [2.24, 2.45) is 0 Å². The van der Waals surface area contributed by atoms with Gasteiger partial charge in [0.15, 0.2) is 0 Å². The molecule has 0 unspecified atom stereocenters. The van der Waals surface area contributed by atoms with Gasteiger partial charge in [0.25, 0.3) is 5.91 Å². The third-order valence-electron chi connectivity index (χ3n) is 2.83. The van der Waals surface area contributed by atoms with E-state index >= 15 is 0 Å². The minimum atomic E-state index is -0.178. The number of nitrogens with one attached hydrogen (secondary N) is 1. The number of halogens is 2.